The first-order chi connectivity index (χ1) is 15.5. The molecule has 0 spiro atoms. The third-order valence-electron chi connectivity index (χ3n) is 5.26. The summed E-state index contributed by atoms with van der Waals surface area (Å²) < 4.78 is 22.3. The number of ether oxygens (including phenoxy) is 3. The summed E-state index contributed by atoms with van der Waals surface area (Å²) >= 11 is 0. The molecule has 0 aliphatic rings. The molecule has 7 heteroatoms. The fourth-order valence-electron chi connectivity index (χ4n) is 3.61. The van der Waals surface area contributed by atoms with Gasteiger partial charge in [-0.1, -0.05) is 24.3 Å². The standard InChI is InChI=1S/C25H27N3O4/c1-28(2)19-11-9-16(10-12-19)13-17-7-6-8-20-23(17)32-25(27-20)26-18-14-21(29-3)24(31-5)22(15-18)30-4/h6-12,14-15H,13H2,1-5H3,(H,26,27). The number of nitrogens with one attached hydrogen (secondary N) is 1. The molecule has 0 aliphatic heterocycles. The van der Waals surface area contributed by atoms with Gasteiger partial charge in [0.1, 0.15) is 5.52 Å². The number of oxazole rings is 1. The molecule has 0 amide bonds. The van der Waals surface area contributed by atoms with Crippen molar-refractivity contribution in [2.75, 3.05) is 45.6 Å². The van der Waals surface area contributed by atoms with Crippen LogP contribution in [0, 0.1) is 0 Å². The van der Waals surface area contributed by atoms with E-state index in [0.29, 0.717) is 29.0 Å². The van der Waals surface area contributed by atoms with Crippen molar-refractivity contribution in [3.05, 3.63) is 65.7 Å². The maximum Gasteiger partial charge on any atom is 0.300 e. The minimum Gasteiger partial charge on any atom is -0.493 e. The van der Waals surface area contributed by atoms with E-state index in [1.165, 1.54) is 11.3 Å². The molecular weight excluding hydrogens is 406 g/mol. The maximum absolute atomic E-state index is 6.10. The fraction of sp³-hybridized carbons (Fsp3) is 0.240. The Morgan fingerprint density at radius 3 is 2.19 bits per heavy atom. The Hall–Kier alpha value is -3.87. The van der Waals surface area contributed by atoms with E-state index in [0.717, 1.165) is 23.1 Å². The zero-order chi connectivity index (χ0) is 22.7. The average Bonchev–Trinajstić information content (AvgIpc) is 3.22. The van der Waals surface area contributed by atoms with Crippen LogP contribution < -0.4 is 24.4 Å². The van der Waals surface area contributed by atoms with Crippen molar-refractivity contribution in [1.29, 1.82) is 0 Å². The van der Waals surface area contributed by atoms with Gasteiger partial charge in [-0.05, 0) is 23.8 Å². The number of aromatic nitrogens is 1. The Balaban J connectivity index is 1.62. The highest BCUT2D eigenvalue weighted by atomic mass is 16.5. The third-order valence-corrected chi connectivity index (χ3v) is 5.26. The number of benzene rings is 3. The highest BCUT2D eigenvalue weighted by molar-refractivity contribution is 5.79. The zero-order valence-corrected chi connectivity index (χ0v) is 18.9. The third kappa shape index (κ3) is 4.27. The molecule has 1 N–H and O–H groups in total. The van der Waals surface area contributed by atoms with Crippen molar-refractivity contribution >= 4 is 28.5 Å². The molecule has 0 saturated heterocycles. The van der Waals surface area contributed by atoms with Crippen LogP contribution in [-0.4, -0.2) is 40.4 Å². The van der Waals surface area contributed by atoms with Gasteiger partial charge in [-0.3, -0.25) is 0 Å². The summed E-state index contributed by atoms with van der Waals surface area (Å²) in [7, 11) is 8.80. The van der Waals surface area contributed by atoms with Crippen LogP contribution in [0.25, 0.3) is 11.1 Å². The van der Waals surface area contributed by atoms with Crippen molar-refractivity contribution in [2.24, 2.45) is 0 Å². The van der Waals surface area contributed by atoms with E-state index in [4.69, 9.17) is 18.6 Å². The first-order valence-electron chi connectivity index (χ1n) is 10.2. The van der Waals surface area contributed by atoms with Crippen LogP contribution in [0.1, 0.15) is 11.1 Å². The SMILES string of the molecule is COc1cc(Nc2nc3cccc(Cc4ccc(N(C)C)cc4)c3o2)cc(OC)c1OC. The normalized spacial score (nSPS) is 10.8. The van der Waals surface area contributed by atoms with Gasteiger partial charge in [0.15, 0.2) is 17.1 Å². The molecular formula is C25H27N3O4. The van der Waals surface area contributed by atoms with Gasteiger partial charge in [0, 0.05) is 49.6 Å². The molecule has 0 saturated carbocycles. The summed E-state index contributed by atoms with van der Waals surface area (Å²) in [5.74, 6) is 1.63. The van der Waals surface area contributed by atoms with Gasteiger partial charge in [0.25, 0.3) is 6.01 Å². The predicted molar refractivity (Wildman–Crippen MR) is 127 cm³/mol. The summed E-state index contributed by atoms with van der Waals surface area (Å²) in [6.45, 7) is 0. The van der Waals surface area contributed by atoms with E-state index in [2.05, 4.69) is 45.5 Å². The predicted octanol–water partition coefficient (Wildman–Crippen LogP) is 5.25. The van der Waals surface area contributed by atoms with Gasteiger partial charge >= 0.3 is 0 Å². The molecule has 166 valence electrons. The number of methoxy groups -OCH3 is 3. The lowest BCUT2D eigenvalue weighted by atomic mass is 10.0. The molecule has 3 aromatic carbocycles. The molecule has 0 aliphatic carbocycles. The van der Waals surface area contributed by atoms with Gasteiger partial charge < -0.3 is 28.8 Å². The van der Waals surface area contributed by atoms with Gasteiger partial charge in [0.05, 0.1) is 21.3 Å². The monoisotopic (exact) mass is 433 g/mol. The van der Waals surface area contributed by atoms with Crippen molar-refractivity contribution < 1.29 is 18.6 Å². The van der Waals surface area contributed by atoms with Crippen LogP contribution in [0.4, 0.5) is 17.4 Å². The number of anilines is 3. The van der Waals surface area contributed by atoms with E-state index in [-0.39, 0.29) is 0 Å². The molecule has 1 heterocycles. The number of para-hydroxylation sites is 1. The van der Waals surface area contributed by atoms with Crippen molar-refractivity contribution in [1.82, 2.24) is 4.98 Å². The second-order valence-electron chi connectivity index (χ2n) is 7.56. The zero-order valence-electron chi connectivity index (χ0n) is 18.9. The number of fused-ring (bicyclic) bond motifs is 1. The number of nitrogens with zero attached hydrogens (tertiary/aromatic N) is 2. The van der Waals surface area contributed by atoms with E-state index >= 15 is 0 Å². The number of hydrogen-bond acceptors (Lipinski definition) is 7. The minimum atomic E-state index is 0.393. The summed E-state index contributed by atoms with van der Waals surface area (Å²) in [5, 5.41) is 3.21. The Morgan fingerprint density at radius 2 is 1.59 bits per heavy atom. The molecule has 0 radical (unpaired) electrons. The lowest BCUT2D eigenvalue weighted by Crippen LogP contribution is -2.08. The Kier molecular flexibility index (Phi) is 6.07. The Bertz CT molecular complexity index is 1190. The first kappa shape index (κ1) is 21.4. The highest BCUT2D eigenvalue weighted by Gasteiger charge is 2.16. The van der Waals surface area contributed by atoms with Gasteiger partial charge in [-0.15, -0.1) is 0 Å². The molecule has 32 heavy (non-hydrogen) atoms. The summed E-state index contributed by atoms with van der Waals surface area (Å²) in [4.78, 5) is 6.69. The maximum atomic E-state index is 6.10. The first-order valence-corrected chi connectivity index (χ1v) is 10.2. The molecule has 0 fully saturated rings. The van der Waals surface area contributed by atoms with Gasteiger partial charge in [0.2, 0.25) is 5.75 Å². The molecule has 0 bridgehead atoms. The summed E-state index contributed by atoms with van der Waals surface area (Å²) in [6, 6.07) is 18.5. The van der Waals surface area contributed by atoms with Crippen LogP contribution in [-0.2, 0) is 6.42 Å². The molecule has 1 aromatic heterocycles. The van der Waals surface area contributed by atoms with Crippen molar-refractivity contribution in [2.45, 2.75) is 6.42 Å². The van der Waals surface area contributed by atoms with E-state index < -0.39 is 0 Å². The lowest BCUT2D eigenvalue weighted by Gasteiger charge is -2.14. The smallest absolute Gasteiger partial charge is 0.300 e. The van der Waals surface area contributed by atoms with E-state index in [9.17, 15) is 0 Å². The van der Waals surface area contributed by atoms with Crippen molar-refractivity contribution in [3.8, 4) is 17.2 Å². The fourth-order valence-corrected chi connectivity index (χ4v) is 3.61. The lowest BCUT2D eigenvalue weighted by molar-refractivity contribution is 0.324. The Morgan fingerprint density at radius 1 is 0.906 bits per heavy atom. The highest BCUT2D eigenvalue weighted by Crippen LogP contribution is 2.40. The molecule has 0 unspecified atom stereocenters. The van der Waals surface area contributed by atoms with Crippen LogP contribution in [0.5, 0.6) is 17.2 Å². The molecule has 4 aromatic rings. The van der Waals surface area contributed by atoms with Crippen molar-refractivity contribution in [3.63, 3.8) is 0 Å². The topological polar surface area (TPSA) is 69.0 Å². The van der Waals surface area contributed by atoms with Gasteiger partial charge in [-0.2, -0.15) is 4.98 Å². The second-order valence-corrected chi connectivity index (χ2v) is 7.56. The largest absolute Gasteiger partial charge is 0.493 e. The average molecular weight is 434 g/mol. The van der Waals surface area contributed by atoms with Crippen LogP contribution in [0.15, 0.2) is 59.0 Å². The van der Waals surface area contributed by atoms with Crippen LogP contribution >= 0.6 is 0 Å². The Labute approximate surface area is 187 Å². The van der Waals surface area contributed by atoms with E-state index in [1.54, 1.807) is 21.3 Å². The number of hydrogen-bond donors (Lipinski definition) is 1. The quantitative estimate of drug-likeness (QED) is 0.407. The molecule has 4 rings (SSSR count). The summed E-state index contributed by atoms with van der Waals surface area (Å²) in [6.07, 6.45) is 0.754. The summed E-state index contributed by atoms with van der Waals surface area (Å²) in [5.41, 5.74) is 5.72. The van der Waals surface area contributed by atoms with Crippen LogP contribution in [0.3, 0.4) is 0 Å². The number of rotatable bonds is 8. The molecule has 7 nitrogen and oxygen atoms in total. The minimum absolute atomic E-state index is 0.393. The van der Waals surface area contributed by atoms with Gasteiger partial charge in [-0.25, -0.2) is 0 Å². The van der Waals surface area contributed by atoms with E-state index in [1.807, 2.05) is 38.4 Å². The molecule has 0 atom stereocenters. The van der Waals surface area contributed by atoms with Crippen LogP contribution in [0.2, 0.25) is 0 Å². The second kappa shape index (κ2) is 9.09.